The van der Waals surface area contributed by atoms with E-state index in [4.69, 9.17) is 21.1 Å². The van der Waals surface area contributed by atoms with Gasteiger partial charge in [-0.3, -0.25) is 0 Å². The molecule has 0 aromatic heterocycles. The van der Waals surface area contributed by atoms with Crippen molar-refractivity contribution in [3.05, 3.63) is 58.6 Å². The normalized spacial score (nSPS) is 20.8. The Morgan fingerprint density at radius 2 is 1.93 bits per heavy atom. The van der Waals surface area contributed by atoms with Gasteiger partial charge >= 0.3 is 0 Å². The van der Waals surface area contributed by atoms with E-state index in [9.17, 15) is 10.2 Å². The number of fused-ring (bicyclic) bond motifs is 1. The van der Waals surface area contributed by atoms with Gasteiger partial charge in [0.2, 0.25) is 0 Å². The molecule has 0 radical (unpaired) electrons. The molecule has 1 fully saturated rings. The molecule has 2 aromatic rings. The van der Waals surface area contributed by atoms with E-state index in [-0.39, 0.29) is 24.7 Å². The number of hydrogen-bond donors (Lipinski definition) is 2. The molecule has 6 heteroatoms. The topological polar surface area (TPSA) is 62.2 Å². The van der Waals surface area contributed by atoms with Crippen LogP contribution in [0.5, 0.6) is 11.5 Å². The smallest absolute Gasteiger partial charge is 0.124 e. The maximum absolute atomic E-state index is 9.58. The lowest BCUT2D eigenvalue weighted by molar-refractivity contribution is -0.0133. The highest BCUT2D eigenvalue weighted by atomic mass is 35.5. The Morgan fingerprint density at radius 3 is 2.68 bits per heavy atom. The van der Waals surface area contributed by atoms with Gasteiger partial charge in [-0.2, -0.15) is 0 Å². The molecule has 2 N–H and O–H groups in total. The molecule has 1 saturated heterocycles. The standard InChI is InChI=1S/C22H26ClNO4/c23-17-5-6-21-18(13-17)19(15-27-20-4-2-1-3-16(20)14-26)22(28-21)7-9-24(10-8-22)11-12-25/h1-6,13,19,25-26H,7-12,14-15H2. The second-order valence-corrected chi connectivity index (χ2v) is 7.98. The quantitative estimate of drug-likeness (QED) is 0.775. The second kappa shape index (κ2) is 8.29. The molecule has 0 bridgehead atoms. The number of hydrogen-bond acceptors (Lipinski definition) is 5. The van der Waals surface area contributed by atoms with Gasteiger partial charge < -0.3 is 24.6 Å². The highest BCUT2D eigenvalue weighted by Crippen LogP contribution is 2.50. The van der Waals surface area contributed by atoms with Gasteiger partial charge in [-0.05, 0) is 24.3 Å². The van der Waals surface area contributed by atoms with Crippen LogP contribution in [0.15, 0.2) is 42.5 Å². The Kier molecular flexibility index (Phi) is 5.78. The number of likely N-dealkylation sites (tertiary alicyclic amines) is 1. The second-order valence-electron chi connectivity index (χ2n) is 7.54. The first-order valence-corrected chi connectivity index (χ1v) is 10.2. The third kappa shape index (κ3) is 3.72. The maximum Gasteiger partial charge on any atom is 0.124 e. The molecular formula is C22H26ClNO4. The molecule has 1 spiro atoms. The molecule has 2 aliphatic rings. The number of aliphatic hydroxyl groups excluding tert-OH is 2. The molecule has 0 aliphatic carbocycles. The summed E-state index contributed by atoms with van der Waals surface area (Å²) in [5.74, 6) is 1.64. The number of aliphatic hydroxyl groups is 2. The first kappa shape index (κ1) is 19.5. The van der Waals surface area contributed by atoms with Gasteiger partial charge in [-0.25, -0.2) is 0 Å². The van der Waals surface area contributed by atoms with Crippen molar-refractivity contribution in [1.82, 2.24) is 4.90 Å². The van der Waals surface area contributed by atoms with Crippen molar-refractivity contribution < 1.29 is 19.7 Å². The summed E-state index contributed by atoms with van der Waals surface area (Å²) < 4.78 is 12.7. The van der Waals surface area contributed by atoms with Gasteiger partial charge in [0, 0.05) is 48.6 Å². The van der Waals surface area contributed by atoms with Crippen LogP contribution in [0.25, 0.3) is 0 Å². The number of ether oxygens (including phenoxy) is 2. The number of benzene rings is 2. The van der Waals surface area contributed by atoms with Crippen molar-refractivity contribution in [1.29, 1.82) is 0 Å². The van der Waals surface area contributed by atoms with Gasteiger partial charge in [0.1, 0.15) is 17.1 Å². The van der Waals surface area contributed by atoms with Crippen LogP contribution in [0, 0.1) is 0 Å². The van der Waals surface area contributed by atoms with E-state index in [1.165, 1.54) is 0 Å². The lowest BCUT2D eigenvalue weighted by atomic mass is 9.78. The number of nitrogens with zero attached hydrogens (tertiary/aromatic N) is 1. The monoisotopic (exact) mass is 403 g/mol. The lowest BCUT2D eigenvalue weighted by Gasteiger charge is -2.42. The molecule has 150 valence electrons. The van der Waals surface area contributed by atoms with E-state index in [1.54, 1.807) is 0 Å². The first-order valence-electron chi connectivity index (χ1n) is 9.78. The predicted molar refractivity (Wildman–Crippen MR) is 108 cm³/mol. The number of halogens is 1. The molecule has 2 aromatic carbocycles. The summed E-state index contributed by atoms with van der Waals surface area (Å²) in [5, 5.41) is 19.5. The van der Waals surface area contributed by atoms with Crippen molar-refractivity contribution in [3.8, 4) is 11.5 Å². The highest BCUT2D eigenvalue weighted by Gasteiger charge is 2.50. The van der Waals surface area contributed by atoms with E-state index in [0.29, 0.717) is 23.9 Å². The fourth-order valence-corrected chi connectivity index (χ4v) is 4.58. The van der Waals surface area contributed by atoms with E-state index in [1.807, 2.05) is 42.5 Å². The molecule has 1 atom stereocenters. The Labute approximate surface area is 170 Å². The van der Waals surface area contributed by atoms with Crippen LogP contribution < -0.4 is 9.47 Å². The summed E-state index contributed by atoms with van der Waals surface area (Å²) in [5.41, 5.74) is 1.54. The van der Waals surface area contributed by atoms with Crippen LogP contribution in [-0.4, -0.2) is 53.6 Å². The summed E-state index contributed by atoms with van der Waals surface area (Å²) in [4.78, 5) is 2.27. The fourth-order valence-electron chi connectivity index (χ4n) is 4.40. The fraction of sp³-hybridized carbons (Fsp3) is 0.455. The Balaban J connectivity index is 1.58. The van der Waals surface area contributed by atoms with Crippen molar-refractivity contribution in [2.75, 3.05) is 32.8 Å². The predicted octanol–water partition coefficient (Wildman–Crippen LogP) is 3.21. The molecule has 5 nitrogen and oxygen atoms in total. The van der Waals surface area contributed by atoms with Crippen LogP contribution in [0.4, 0.5) is 0 Å². The SMILES string of the molecule is OCCN1CCC2(CC1)Oc1ccc(Cl)cc1C2COc1ccccc1CO. The number of piperidine rings is 1. The van der Waals surface area contributed by atoms with E-state index >= 15 is 0 Å². The number of para-hydroxylation sites is 1. The maximum atomic E-state index is 9.58. The lowest BCUT2D eigenvalue weighted by Crippen LogP contribution is -2.50. The molecule has 4 rings (SSSR count). The van der Waals surface area contributed by atoms with Crippen LogP contribution >= 0.6 is 11.6 Å². The zero-order chi connectivity index (χ0) is 19.6. The molecule has 1 unspecified atom stereocenters. The van der Waals surface area contributed by atoms with Gasteiger partial charge in [-0.1, -0.05) is 29.8 Å². The average Bonchev–Trinajstić information content (AvgIpc) is 3.00. The van der Waals surface area contributed by atoms with Gasteiger partial charge in [0.25, 0.3) is 0 Å². The molecule has 0 saturated carbocycles. The molecule has 28 heavy (non-hydrogen) atoms. The molecule has 0 amide bonds. The Morgan fingerprint density at radius 1 is 1.14 bits per heavy atom. The number of β-amino-alcohol motifs (C(OH)–C–C–N with tert-alkyl or cyclic N) is 1. The summed E-state index contributed by atoms with van der Waals surface area (Å²) in [7, 11) is 0. The minimum absolute atomic E-state index is 0.0545. The summed E-state index contributed by atoms with van der Waals surface area (Å²) in [6.07, 6.45) is 1.74. The zero-order valence-corrected chi connectivity index (χ0v) is 16.6. The van der Waals surface area contributed by atoms with E-state index in [0.717, 1.165) is 42.8 Å². The van der Waals surface area contributed by atoms with Crippen molar-refractivity contribution in [2.24, 2.45) is 0 Å². The third-order valence-corrected chi connectivity index (χ3v) is 6.20. The van der Waals surface area contributed by atoms with E-state index in [2.05, 4.69) is 4.90 Å². The van der Waals surface area contributed by atoms with E-state index < -0.39 is 0 Å². The Hall–Kier alpha value is -1.79. The van der Waals surface area contributed by atoms with Crippen LogP contribution in [-0.2, 0) is 6.61 Å². The van der Waals surface area contributed by atoms with Crippen molar-refractivity contribution in [3.63, 3.8) is 0 Å². The molecular weight excluding hydrogens is 378 g/mol. The third-order valence-electron chi connectivity index (χ3n) is 5.96. The zero-order valence-electron chi connectivity index (χ0n) is 15.8. The van der Waals surface area contributed by atoms with Gasteiger partial charge in [-0.15, -0.1) is 0 Å². The molecule has 2 aliphatic heterocycles. The van der Waals surface area contributed by atoms with Crippen molar-refractivity contribution in [2.45, 2.75) is 31.0 Å². The van der Waals surface area contributed by atoms with Crippen LogP contribution in [0.1, 0.15) is 29.9 Å². The van der Waals surface area contributed by atoms with Crippen LogP contribution in [0.3, 0.4) is 0 Å². The minimum Gasteiger partial charge on any atom is -0.492 e. The minimum atomic E-state index is -0.326. The largest absolute Gasteiger partial charge is 0.492 e. The van der Waals surface area contributed by atoms with Crippen LogP contribution in [0.2, 0.25) is 5.02 Å². The van der Waals surface area contributed by atoms with Gasteiger partial charge in [0.05, 0.1) is 25.7 Å². The number of rotatable bonds is 6. The average molecular weight is 404 g/mol. The van der Waals surface area contributed by atoms with Crippen molar-refractivity contribution >= 4 is 11.6 Å². The highest BCUT2D eigenvalue weighted by molar-refractivity contribution is 6.30. The summed E-state index contributed by atoms with van der Waals surface area (Å²) >= 11 is 6.28. The molecule has 2 heterocycles. The Bertz CT molecular complexity index is 820. The van der Waals surface area contributed by atoms with Gasteiger partial charge in [0.15, 0.2) is 0 Å². The summed E-state index contributed by atoms with van der Waals surface area (Å²) in [6.45, 7) is 3.04. The first-order chi connectivity index (χ1) is 13.6. The summed E-state index contributed by atoms with van der Waals surface area (Å²) in [6, 6.07) is 13.3.